The van der Waals surface area contributed by atoms with Crippen molar-refractivity contribution in [3.63, 3.8) is 0 Å². The molecule has 1 heterocycles. The number of carbonyl (C=O) groups is 2. The molecule has 0 aliphatic heterocycles. The number of carboxylic acids is 1. The first-order valence-electron chi connectivity index (χ1n) is 6.61. The molecule has 0 bridgehead atoms. The normalized spacial score (nSPS) is 15.1. The Bertz CT molecular complexity index is 792. The standard InChI is InChI=1S/C15H13N3O4/c1-22-12-3-2-9-4-10(15(21)13(9)6-12)5-11-7-18(17-16-11)8-14(19)20/h2-3,5-7H,4,8H2,1H3,(H,19,20). The molecule has 112 valence electrons. The van der Waals surface area contributed by atoms with E-state index in [9.17, 15) is 9.59 Å². The summed E-state index contributed by atoms with van der Waals surface area (Å²) < 4.78 is 6.34. The molecule has 0 saturated carbocycles. The third-order valence-corrected chi connectivity index (χ3v) is 3.41. The summed E-state index contributed by atoms with van der Waals surface area (Å²) in [6, 6.07) is 5.41. The maximum atomic E-state index is 12.4. The third-order valence-electron chi connectivity index (χ3n) is 3.41. The zero-order chi connectivity index (χ0) is 15.7. The maximum Gasteiger partial charge on any atom is 0.325 e. The summed E-state index contributed by atoms with van der Waals surface area (Å²) in [6.45, 7) is -0.262. The van der Waals surface area contributed by atoms with Crippen molar-refractivity contribution in [1.29, 1.82) is 0 Å². The van der Waals surface area contributed by atoms with Crippen molar-refractivity contribution in [2.24, 2.45) is 0 Å². The Morgan fingerprint density at radius 2 is 2.32 bits per heavy atom. The molecule has 2 aromatic rings. The van der Waals surface area contributed by atoms with Crippen LogP contribution >= 0.6 is 0 Å². The molecule has 1 N–H and O–H groups in total. The van der Waals surface area contributed by atoms with Crippen LogP contribution in [0.5, 0.6) is 5.75 Å². The molecule has 0 unspecified atom stereocenters. The highest BCUT2D eigenvalue weighted by atomic mass is 16.5. The van der Waals surface area contributed by atoms with E-state index in [4.69, 9.17) is 9.84 Å². The molecule has 1 aromatic heterocycles. The lowest BCUT2D eigenvalue weighted by Crippen LogP contribution is -2.08. The number of hydrogen-bond acceptors (Lipinski definition) is 5. The van der Waals surface area contributed by atoms with Gasteiger partial charge in [0.2, 0.25) is 0 Å². The summed E-state index contributed by atoms with van der Waals surface area (Å²) in [5, 5.41) is 16.3. The van der Waals surface area contributed by atoms with E-state index >= 15 is 0 Å². The Morgan fingerprint density at radius 3 is 3.05 bits per heavy atom. The highest BCUT2D eigenvalue weighted by molar-refractivity contribution is 6.15. The summed E-state index contributed by atoms with van der Waals surface area (Å²) in [7, 11) is 1.55. The van der Waals surface area contributed by atoms with E-state index in [1.165, 1.54) is 10.9 Å². The van der Waals surface area contributed by atoms with Crippen molar-refractivity contribution in [3.05, 3.63) is 46.8 Å². The number of carbonyl (C=O) groups excluding carboxylic acids is 1. The molecule has 0 amide bonds. The van der Waals surface area contributed by atoms with Crippen LogP contribution in [0.2, 0.25) is 0 Å². The number of rotatable bonds is 4. The molecule has 0 spiro atoms. The van der Waals surface area contributed by atoms with Crippen LogP contribution in [0, 0.1) is 0 Å². The molecule has 0 atom stereocenters. The second-order valence-corrected chi connectivity index (χ2v) is 4.93. The van der Waals surface area contributed by atoms with Crippen LogP contribution in [0.1, 0.15) is 21.6 Å². The number of carboxylic acid groups (broad SMARTS) is 1. The van der Waals surface area contributed by atoms with Gasteiger partial charge in [0.25, 0.3) is 0 Å². The lowest BCUT2D eigenvalue weighted by atomic mass is 10.1. The van der Waals surface area contributed by atoms with Crippen LogP contribution in [-0.4, -0.2) is 39.0 Å². The van der Waals surface area contributed by atoms with Gasteiger partial charge in [0.15, 0.2) is 5.78 Å². The number of benzene rings is 1. The summed E-state index contributed by atoms with van der Waals surface area (Å²) in [5.41, 5.74) is 2.63. The Hall–Kier alpha value is -2.96. The zero-order valence-corrected chi connectivity index (χ0v) is 11.8. The SMILES string of the molecule is COc1ccc2c(c1)C(=O)C(=Cc1cn(CC(=O)O)nn1)C2. The molecule has 0 radical (unpaired) electrons. The molecule has 0 fully saturated rings. The predicted octanol–water partition coefficient (Wildman–Crippen LogP) is 1.19. The highest BCUT2D eigenvalue weighted by Gasteiger charge is 2.25. The van der Waals surface area contributed by atoms with Crippen molar-refractivity contribution in [3.8, 4) is 5.75 Å². The van der Waals surface area contributed by atoms with Crippen molar-refractivity contribution >= 4 is 17.8 Å². The van der Waals surface area contributed by atoms with E-state index in [-0.39, 0.29) is 12.3 Å². The number of aromatic nitrogens is 3. The molecule has 1 aliphatic carbocycles. The van der Waals surface area contributed by atoms with E-state index in [1.54, 1.807) is 19.3 Å². The lowest BCUT2D eigenvalue weighted by molar-refractivity contribution is -0.137. The van der Waals surface area contributed by atoms with Gasteiger partial charge in [-0.05, 0) is 23.8 Å². The fourth-order valence-corrected chi connectivity index (χ4v) is 2.40. The van der Waals surface area contributed by atoms with Crippen molar-refractivity contribution in [2.75, 3.05) is 7.11 Å². The Labute approximate surface area is 125 Å². The van der Waals surface area contributed by atoms with E-state index in [0.717, 1.165) is 5.56 Å². The van der Waals surface area contributed by atoms with Crippen LogP contribution in [0.4, 0.5) is 0 Å². The van der Waals surface area contributed by atoms with E-state index in [1.807, 2.05) is 12.1 Å². The van der Waals surface area contributed by atoms with Crippen molar-refractivity contribution < 1.29 is 19.4 Å². The first kappa shape index (κ1) is 14.0. The number of hydrogen-bond donors (Lipinski definition) is 1. The van der Waals surface area contributed by atoms with Gasteiger partial charge in [0.05, 0.1) is 13.3 Å². The first-order valence-corrected chi connectivity index (χ1v) is 6.61. The number of ketones is 1. The van der Waals surface area contributed by atoms with Gasteiger partial charge < -0.3 is 9.84 Å². The smallest absolute Gasteiger partial charge is 0.325 e. The van der Waals surface area contributed by atoms with E-state index in [0.29, 0.717) is 29.0 Å². The first-order chi connectivity index (χ1) is 10.6. The minimum absolute atomic E-state index is 0.0679. The number of ether oxygens (including phenoxy) is 1. The second-order valence-electron chi connectivity index (χ2n) is 4.93. The minimum atomic E-state index is -0.999. The molecule has 0 saturated heterocycles. The molecule has 1 aliphatic rings. The predicted molar refractivity (Wildman–Crippen MR) is 76.7 cm³/mol. The third kappa shape index (κ3) is 2.60. The fraction of sp³-hybridized carbons (Fsp3) is 0.200. The van der Waals surface area contributed by atoms with Gasteiger partial charge >= 0.3 is 5.97 Å². The quantitative estimate of drug-likeness (QED) is 0.852. The zero-order valence-electron chi connectivity index (χ0n) is 11.8. The van der Waals surface area contributed by atoms with E-state index < -0.39 is 5.97 Å². The van der Waals surface area contributed by atoms with Gasteiger partial charge in [-0.2, -0.15) is 0 Å². The lowest BCUT2D eigenvalue weighted by Gasteiger charge is -2.01. The topological polar surface area (TPSA) is 94.3 Å². The van der Waals surface area contributed by atoms with Crippen LogP contribution in [0.3, 0.4) is 0 Å². The number of methoxy groups -OCH3 is 1. The monoisotopic (exact) mass is 299 g/mol. The van der Waals surface area contributed by atoms with Gasteiger partial charge in [-0.15, -0.1) is 5.10 Å². The minimum Gasteiger partial charge on any atom is -0.497 e. The number of aliphatic carboxylic acids is 1. The van der Waals surface area contributed by atoms with Gasteiger partial charge in [0, 0.05) is 17.6 Å². The number of Topliss-reactive ketones (excluding diaryl/α,β-unsaturated/α-hetero) is 1. The fourth-order valence-electron chi connectivity index (χ4n) is 2.40. The molecular weight excluding hydrogens is 286 g/mol. The highest BCUT2D eigenvalue weighted by Crippen LogP contribution is 2.30. The van der Waals surface area contributed by atoms with Crippen molar-refractivity contribution in [1.82, 2.24) is 15.0 Å². The summed E-state index contributed by atoms with van der Waals surface area (Å²) in [4.78, 5) is 23.0. The summed E-state index contributed by atoms with van der Waals surface area (Å²) in [5.74, 6) is -0.428. The average Bonchev–Trinajstić information content (AvgIpc) is 3.04. The number of nitrogens with zero attached hydrogens (tertiary/aromatic N) is 3. The summed E-state index contributed by atoms with van der Waals surface area (Å²) >= 11 is 0. The molecule has 22 heavy (non-hydrogen) atoms. The maximum absolute atomic E-state index is 12.4. The van der Waals surface area contributed by atoms with Gasteiger partial charge in [-0.3, -0.25) is 9.59 Å². The Kier molecular flexibility index (Phi) is 3.46. The van der Waals surface area contributed by atoms with Crippen molar-refractivity contribution in [2.45, 2.75) is 13.0 Å². The van der Waals surface area contributed by atoms with Gasteiger partial charge in [0.1, 0.15) is 18.0 Å². The van der Waals surface area contributed by atoms with Crippen LogP contribution in [-0.2, 0) is 17.8 Å². The molecule has 3 rings (SSSR count). The van der Waals surface area contributed by atoms with E-state index in [2.05, 4.69) is 10.3 Å². The molecule has 1 aromatic carbocycles. The van der Waals surface area contributed by atoms with Crippen LogP contribution < -0.4 is 4.74 Å². The second kappa shape index (κ2) is 5.44. The van der Waals surface area contributed by atoms with Crippen LogP contribution in [0.15, 0.2) is 30.0 Å². The molecular formula is C15H13N3O4. The Balaban J connectivity index is 1.86. The van der Waals surface area contributed by atoms with Gasteiger partial charge in [-0.1, -0.05) is 11.3 Å². The van der Waals surface area contributed by atoms with Crippen LogP contribution in [0.25, 0.3) is 6.08 Å². The number of fused-ring (bicyclic) bond motifs is 1. The Morgan fingerprint density at radius 1 is 1.50 bits per heavy atom. The van der Waals surface area contributed by atoms with Gasteiger partial charge in [-0.25, -0.2) is 4.68 Å². The average molecular weight is 299 g/mol. The summed E-state index contributed by atoms with van der Waals surface area (Å²) in [6.07, 6.45) is 3.65. The molecule has 7 heteroatoms. The number of allylic oxidation sites excluding steroid dienone is 1. The molecule has 7 nitrogen and oxygen atoms in total. The largest absolute Gasteiger partial charge is 0.497 e.